The molecule has 1 atom stereocenters. The second kappa shape index (κ2) is 6.92. The van der Waals surface area contributed by atoms with Crippen LogP contribution in [0.2, 0.25) is 0 Å². The molecule has 2 amide bonds. The van der Waals surface area contributed by atoms with Crippen molar-refractivity contribution in [3.8, 4) is 0 Å². The minimum absolute atomic E-state index is 0.125. The Hall–Kier alpha value is -1.30. The first-order valence-corrected chi connectivity index (χ1v) is 7.55. The van der Waals surface area contributed by atoms with E-state index in [2.05, 4.69) is 17.1 Å². The Morgan fingerprint density at radius 2 is 2.00 bits per heavy atom. The lowest BCUT2D eigenvalue weighted by molar-refractivity contribution is -0.137. The maximum absolute atomic E-state index is 12.0. The molecule has 1 heterocycles. The van der Waals surface area contributed by atoms with Gasteiger partial charge in [-0.15, -0.1) is 0 Å². The molecule has 1 saturated heterocycles. The summed E-state index contributed by atoms with van der Waals surface area (Å²) < 4.78 is 0. The van der Waals surface area contributed by atoms with Crippen molar-refractivity contribution in [1.82, 2.24) is 15.1 Å². The summed E-state index contributed by atoms with van der Waals surface area (Å²) in [4.78, 5) is 26.7. The number of hydrogen-bond acceptors (Lipinski definition) is 3. The molecule has 1 saturated carbocycles. The van der Waals surface area contributed by atoms with E-state index in [0.717, 1.165) is 32.5 Å². The van der Waals surface area contributed by atoms with Crippen LogP contribution in [0.1, 0.15) is 32.6 Å². The van der Waals surface area contributed by atoms with Crippen LogP contribution in [-0.2, 0) is 4.79 Å². The summed E-state index contributed by atoms with van der Waals surface area (Å²) in [5, 5.41) is 11.7. The van der Waals surface area contributed by atoms with E-state index in [1.807, 2.05) is 0 Å². The van der Waals surface area contributed by atoms with Gasteiger partial charge in [-0.3, -0.25) is 4.79 Å². The second-order valence-electron chi connectivity index (χ2n) is 6.05. The smallest absolute Gasteiger partial charge is 0.323 e. The zero-order valence-electron chi connectivity index (χ0n) is 12.2. The summed E-state index contributed by atoms with van der Waals surface area (Å²) >= 11 is 0. The predicted octanol–water partition coefficient (Wildman–Crippen LogP) is 0.977. The van der Waals surface area contributed by atoms with Crippen LogP contribution in [0.15, 0.2) is 0 Å². The van der Waals surface area contributed by atoms with E-state index >= 15 is 0 Å². The first kappa shape index (κ1) is 15.1. The van der Waals surface area contributed by atoms with Crippen molar-refractivity contribution in [3.63, 3.8) is 0 Å². The maximum Gasteiger partial charge on any atom is 0.323 e. The molecular formula is C14H25N3O3. The molecule has 0 aromatic heterocycles. The van der Waals surface area contributed by atoms with Crippen LogP contribution in [0.3, 0.4) is 0 Å². The van der Waals surface area contributed by atoms with Gasteiger partial charge in [0, 0.05) is 19.1 Å². The molecule has 2 fully saturated rings. The number of likely N-dealkylation sites (tertiary alicyclic amines) is 1. The van der Waals surface area contributed by atoms with E-state index in [4.69, 9.17) is 5.11 Å². The minimum atomic E-state index is -0.947. The third-order valence-corrected chi connectivity index (χ3v) is 3.92. The van der Waals surface area contributed by atoms with E-state index in [1.54, 1.807) is 0 Å². The molecular weight excluding hydrogens is 258 g/mol. The van der Waals surface area contributed by atoms with Crippen LogP contribution < -0.4 is 5.32 Å². The van der Waals surface area contributed by atoms with Gasteiger partial charge in [0.05, 0.1) is 0 Å². The minimum Gasteiger partial charge on any atom is -0.480 e. The Balaban J connectivity index is 1.70. The van der Waals surface area contributed by atoms with Crippen LogP contribution in [0.5, 0.6) is 0 Å². The van der Waals surface area contributed by atoms with Crippen LogP contribution in [0, 0.1) is 5.92 Å². The Labute approximate surface area is 120 Å². The SMILES string of the molecule is CC(CNC(=O)N(CC(=O)O)C1CC1)CN1CCCC1. The Bertz CT molecular complexity index is 352. The largest absolute Gasteiger partial charge is 0.480 e. The molecule has 1 aliphatic heterocycles. The van der Waals surface area contributed by atoms with Gasteiger partial charge in [0.1, 0.15) is 6.54 Å². The number of carbonyl (C=O) groups excluding carboxylic acids is 1. The highest BCUT2D eigenvalue weighted by Crippen LogP contribution is 2.26. The quantitative estimate of drug-likeness (QED) is 0.730. The van der Waals surface area contributed by atoms with Gasteiger partial charge in [0.25, 0.3) is 0 Å². The summed E-state index contributed by atoms with van der Waals surface area (Å²) in [5.74, 6) is -0.555. The second-order valence-corrected chi connectivity index (χ2v) is 6.05. The molecule has 0 radical (unpaired) electrons. The summed E-state index contributed by atoms with van der Waals surface area (Å²) in [7, 11) is 0. The van der Waals surface area contributed by atoms with Crippen molar-refractivity contribution in [2.24, 2.45) is 5.92 Å². The standard InChI is InChI=1S/C14H25N3O3/c1-11(9-16-6-2-3-7-16)8-15-14(20)17(10-13(18)19)12-4-5-12/h11-12H,2-10H2,1H3,(H,15,20)(H,18,19). The van der Waals surface area contributed by atoms with E-state index < -0.39 is 5.97 Å². The summed E-state index contributed by atoms with van der Waals surface area (Å²) in [6, 6.07) is -0.108. The third kappa shape index (κ3) is 4.67. The maximum atomic E-state index is 12.0. The van der Waals surface area contributed by atoms with Gasteiger partial charge in [0.15, 0.2) is 0 Å². The zero-order chi connectivity index (χ0) is 14.5. The monoisotopic (exact) mass is 283 g/mol. The number of carboxylic acid groups (broad SMARTS) is 1. The zero-order valence-corrected chi connectivity index (χ0v) is 12.2. The molecule has 0 bridgehead atoms. The van der Waals surface area contributed by atoms with Crippen LogP contribution in [-0.4, -0.2) is 65.7 Å². The average Bonchev–Trinajstić information content (AvgIpc) is 3.11. The molecule has 1 unspecified atom stereocenters. The van der Waals surface area contributed by atoms with Gasteiger partial charge in [-0.05, 0) is 44.7 Å². The topological polar surface area (TPSA) is 72.9 Å². The van der Waals surface area contributed by atoms with E-state index in [1.165, 1.54) is 17.7 Å². The first-order valence-electron chi connectivity index (χ1n) is 7.55. The van der Waals surface area contributed by atoms with Crippen molar-refractivity contribution in [2.75, 3.05) is 32.7 Å². The lowest BCUT2D eigenvalue weighted by Crippen LogP contribution is -2.46. The van der Waals surface area contributed by atoms with E-state index in [0.29, 0.717) is 12.5 Å². The van der Waals surface area contributed by atoms with Gasteiger partial charge < -0.3 is 20.2 Å². The number of carbonyl (C=O) groups is 2. The molecule has 6 heteroatoms. The highest BCUT2D eigenvalue weighted by Gasteiger charge is 2.33. The lowest BCUT2D eigenvalue weighted by Gasteiger charge is -2.24. The van der Waals surface area contributed by atoms with E-state index in [9.17, 15) is 9.59 Å². The van der Waals surface area contributed by atoms with Crippen molar-refractivity contribution < 1.29 is 14.7 Å². The lowest BCUT2D eigenvalue weighted by atomic mass is 10.1. The number of urea groups is 1. The molecule has 0 spiro atoms. The van der Waals surface area contributed by atoms with Gasteiger partial charge in [-0.2, -0.15) is 0 Å². The molecule has 1 aliphatic carbocycles. The summed E-state index contributed by atoms with van der Waals surface area (Å²) in [5.41, 5.74) is 0. The molecule has 2 N–H and O–H groups in total. The van der Waals surface area contributed by atoms with Crippen molar-refractivity contribution >= 4 is 12.0 Å². The molecule has 114 valence electrons. The van der Waals surface area contributed by atoms with Crippen molar-refractivity contribution in [2.45, 2.75) is 38.6 Å². The number of carboxylic acids is 1. The number of hydrogen-bond donors (Lipinski definition) is 2. The first-order chi connectivity index (χ1) is 9.56. The third-order valence-electron chi connectivity index (χ3n) is 3.92. The van der Waals surface area contributed by atoms with Crippen LogP contribution in [0.4, 0.5) is 4.79 Å². The fourth-order valence-electron chi connectivity index (χ4n) is 2.73. The van der Waals surface area contributed by atoms with E-state index in [-0.39, 0.29) is 18.6 Å². The predicted molar refractivity (Wildman–Crippen MR) is 75.6 cm³/mol. The van der Waals surface area contributed by atoms with Crippen molar-refractivity contribution in [3.05, 3.63) is 0 Å². The molecule has 2 rings (SSSR count). The van der Waals surface area contributed by atoms with Gasteiger partial charge >= 0.3 is 12.0 Å². The number of nitrogens with zero attached hydrogens (tertiary/aromatic N) is 2. The van der Waals surface area contributed by atoms with Crippen LogP contribution in [0.25, 0.3) is 0 Å². The Morgan fingerprint density at radius 3 is 2.55 bits per heavy atom. The average molecular weight is 283 g/mol. The molecule has 0 aromatic carbocycles. The summed E-state index contributed by atoms with van der Waals surface area (Å²) in [6.07, 6.45) is 4.38. The Kier molecular flexibility index (Phi) is 5.23. The molecule has 6 nitrogen and oxygen atoms in total. The number of nitrogens with one attached hydrogen (secondary N) is 1. The van der Waals surface area contributed by atoms with Crippen molar-refractivity contribution in [1.29, 1.82) is 0 Å². The molecule has 2 aliphatic rings. The van der Waals surface area contributed by atoms with Gasteiger partial charge in [-0.25, -0.2) is 4.79 Å². The molecule has 0 aromatic rings. The highest BCUT2D eigenvalue weighted by molar-refractivity contribution is 5.80. The fourth-order valence-corrected chi connectivity index (χ4v) is 2.73. The number of rotatable bonds is 7. The van der Waals surface area contributed by atoms with Gasteiger partial charge in [-0.1, -0.05) is 6.92 Å². The van der Waals surface area contributed by atoms with Gasteiger partial charge in [0.2, 0.25) is 0 Å². The molecule has 20 heavy (non-hydrogen) atoms. The fraction of sp³-hybridized carbons (Fsp3) is 0.857. The van der Waals surface area contributed by atoms with Crippen LogP contribution >= 0.6 is 0 Å². The number of aliphatic carboxylic acids is 1. The summed E-state index contributed by atoms with van der Waals surface area (Å²) in [6.45, 7) is 5.85. The normalized spacial score (nSPS) is 20.6. The number of amides is 2. The Morgan fingerprint density at radius 1 is 1.35 bits per heavy atom. The highest BCUT2D eigenvalue weighted by atomic mass is 16.4.